The Morgan fingerprint density at radius 1 is 1.22 bits per heavy atom. The summed E-state index contributed by atoms with van der Waals surface area (Å²) in [7, 11) is 0. The molecule has 4 heteroatoms. The molecule has 0 N–H and O–H groups in total. The molecule has 0 fully saturated rings. The first kappa shape index (κ1) is 10.8. The van der Waals surface area contributed by atoms with E-state index in [2.05, 4.69) is 4.98 Å². The molecule has 2 aromatic heterocycles. The molecule has 2 heterocycles. The van der Waals surface area contributed by atoms with E-state index in [1.165, 1.54) is 6.07 Å². The topological polar surface area (TPSA) is 56.2 Å². The number of hydrogen-bond acceptors (Lipinski definition) is 4. The molecule has 0 atom stereocenters. The molecule has 0 aliphatic carbocycles. The van der Waals surface area contributed by atoms with Crippen molar-refractivity contribution in [1.29, 1.82) is 0 Å². The van der Waals surface area contributed by atoms with Crippen molar-refractivity contribution in [2.75, 3.05) is 0 Å². The van der Waals surface area contributed by atoms with Gasteiger partial charge in [-0.05, 0) is 37.6 Å². The molecular weight excluding hydrogens is 230 g/mol. The number of aromatic nitrogens is 1. The molecule has 90 valence electrons. The third-order valence-electron chi connectivity index (χ3n) is 2.80. The summed E-state index contributed by atoms with van der Waals surface area (Å²) in [6, 6.07) is 5.22. The molecule has 0 spiro atoms. The lowest BCUT2D eigenvalue weighted by Crippen LogP contribution is -1.97. The molecule has 3 rings (SSSR count). The quantitative estimate of drug-likeness (QED) is 0.613. The van der Waals surface area contributed by atoms with E-state index in [0.29, 0.717) is 22.6 Å². The Morgan fingerprint density at radius 2 is 2.06 bits per heavy atom. The van der Waals surface area contributed by atoms with Crippen LogP contribution in [0, 0.1) is 6.92 Å². The van der Waals surface area contributed by atoms with Crippen LogP contribution in [0.5, 0.6) is 0 Å². The van der Waals surface area contributed by atoms with Crippen molar-refractivity contribution in [3.05, 3.63) is 46.1 Å². The Morgan fingerprint density at radius 3 is 2.83 bits per heavy atom. The van der Waals surface area contributed by atoms with Crippen molar-refractivity contribution in [2.45, 2.75) is 13.8 Å². The third kappa shape index (κ3) is 1.54. The molecule has 4 nitrogen and oxygen atoms in total. The lowest BCUT2D eigenvalue weighted by molar-refractivity contribution is 0.540. The highest BCUT2D eigenvalue weighted by atomic mass is 16.4. The summed E-state index contributed by atoms with van der Waals surface area (Å²) >= 11 is 0. The summed E-state index contributed by atoms with van der Waals surface area (Å²) in [4.78, 5) is 15.7. The number of aryl methyl sites for hydroxylation is 1. The Kier molecular flexibility index (Phi) is 2.30. The minimum atomic E-state index is -0.378. The van der Waals surface area contributed by atoms with Crippen LogP contribution in [0.1, 0.15) is 18.4 Å². The SMILES string of the molecule is C/C=C/c1nc2ccc3c(C)cc(=O)oc3c2o1. The number of oxazole rings is 1. The molecule has 0 amide bonds. The van der Waals surface area contributed by atoms with Gasteiger partial charge in [0.2, 0.25) is 5.89 Å². The van der Waals surface area contributed by atoms with Gasteiger partial charge in [-0.1, -0.05) is 6.08 Å². The minimum Gasteiger partial charge on any atom is -0.433 e. The second-order valence-electron chi connectivity index (χ2n) is 4.09. The van der Waals surface area contributed by atoms with Gasteiger partial charge in [0.1, 0.15) is 5.52 Å². The number of hydrogen-bond donors (Lipinski definition) is 0. The van der Waals surface area contributed by atoms with Crippen molar-refractivity contribution >= 4 is 28.1 Å². The molecule has 1 aromatic carbocycles. The fraction of sp³-hybridized carbons (Fsp3) is 0.143. The van der Waals surface area contributed by atoms with Gasteiger partial charge in [-0.2, -0.15) is 0 Å². The van der Waals surface area contributed by atoms with Crippen LogP contribution in [0.2, 0.25) is 0 Å². The van der Waals surface area contributed by atoms with E-state index in [4.69, 9.17) is 8.83 Å². The van der Waals surface area contributed by atoms with Gasteiger partial charge in [0.25, 0.3) is 0 Å². The summed E-state index contributed by atoms with van der Waals surface area (Å²) < 4.78 is 10.8. The van der Waals surface area contributed by atoms with Crippen LogP contribution in [-0.2, 0) is 0 Å². The normalized spacial score (nSPS) is 11.9. The summed E-state index contributed by atoms with van der Waals surface area (Å²) in [6.45, 7) is 3.76. The van der Waals surface area contributed by atoms with E-state index >= 15 is 0 Å². The van der Waals surface area contributed by atoms with Crippen LogP contribution >= 0.6 is 0 Å². The standard InChI is InChI=1S/C14H11NO3/c1-3-4-11-15-10-6-5-9-8(2)7-12(16)18-13(9)14(10)17-11/h3-7H,1-2H3/b4-3+. The highest BCUT2D eigenvalue weighted by molar-refractivity contribution is 6.00. The fourth-order valence-corrected chi connectivity index (χ4v) is 2.00. The van der Waals surface area contributed by atoms with Crippen molar-refractivity contribution in [3.8, 4) is 0 Å². The third-order valence-corrected chi connectivity index (χ3v) is 2.80. The Bertz CT molecular complexity index is 824. The van der Waals surface area contributed by atoms with Gasteiger partial charge in [0.15, 0.2) is 11.2 Å². The molecular formula is C14H11NO3. The second kappa shape index (κ2) is 3.84. The zero-order chi connectivity index (χ0) is 12.7. The predicted octanol–water partition coefficient (Wildman–Crippen LogP) is 3.28. The van der Waals surface area contributed by atoms with E-state index in [-0.39, 0.29) is 5.63 Å². The Balaban J connectivity index is 2.48. The van der Waals surface area contributed by atoms with Crippen molar-refractivity contribution < 1.29 is 8.83 Å². The average molecular weight is 241 g/mol. The van der Waals surface area contributed by atoms with Crippen LogP contribution in [0.25, 0.3) is 28.1 Å². The summed E-state index contributed by atoms with van der Waals surface area (Å²) in [5, 5.41) is 0.866. The van der Waals surface area contributed by atoms with Crippen LogP contribution < -0.4 is 5.63 Å². The lowest BCUT2D eigenvalue weighted by atomic mass is 10.1. The van der Waals surface area contributed by atoms with E-state index in [0.717, 1.165) is 10.9 Å². The van der Waals surface area contributed by atoms with Crippen LogP contribution in [-0.4, -0.2) is 4.98 Å². The van der Waals surface area contributed by atoms with Gasteiger partial charge in [0.05, 0.1) is 0 Å². The maximum Gasteiger partial charge on any atom is 0.336 e. The van der Waals surface area contributed by atoms with Gasteiger partial charge in [-0.25, -0.2) is 9.78 Å². The average Bonchev–Trinajstić information content (AvgIpc) is 2.72. The zero-order valence-electron chi connectivity index (χ0n) is 10.1. The largest absolute Gasteiger partial charge is 0.433 e. The maximum absolute atomic E-state index is 11.4. The first-order valence-corrected chi connectivity index (χ1v) is 5.66. The molecule has 0 bridgehead atoms. The molecule has 0 saturated carbocycles. The van der Waals surface area contributed by atoms with Crippen LogP contribution in [0.15, 0.2) is 37.9 Å². The lowest BCUT2D eigenvalue weighted by Gasteiger charge is -1.99. The highest BCUT2D eigenvalue weighted by Gasteiger charge is 2.11. The summed E-state index contributed by atoms with van der Waals surface area (Å²) in [5.74, 6) is 0.504. The predicted molar refractivity (Wildman–Crippen MR) is 69.5 cm³/mol. The first-order chi connectivity index (χ1) is 8.69. The number of nitrogens with zero attached hydrogens (tertiary/aromatic N) is 1. The van der Waals surface area contributed by atoms with E-state index in [1.54, 1.807) is 6.08 Å². The molecule has 0 radical (unpaired) electrons. The molecule has 0 saturated heterocycles. The number of rotatable bonds is 1. The van der Waals surface area contributed by atoms with Crippen molar-refractivity contribution in [2.24, 2.45) is 0 Å². The summed E-state index contributed by atoms with van der Waals surface area (Å²) in [6.07, 6.45) is 3.61. The van der Waals surface area contributed by atoms with Gasteiger partial charge >= 0.3 is 5.63 Å². The van der Waals surface area contributed by atoms with Gasteiger partial charge in [0, 0.05) is 11.5 Å². The second-order valence-corrected chi connectivity index (χ2v) is 4.09. The van der Waals surface area contributed by atoms with E-state index in [9.17, 15) is 4.79 Å². The highest BCUT2D eigenvalue weighted by Crippen LogP contribution is 2.27. The fourth-order valence-electron chi connectivity index (χ4n) is 2.00. The summed E-state index contributed by atoms with van der Waals surface area (Å²) in [5.41, 5.74) is 2.15. The van der Waals surface area contributed by atoms with Crippen LogP contribution in [0.3, 0.4) is 0 Å². The number of benzene rings is 1. The molecule has 0 aliphatic heterocycles. The smallest absolute Gasteiger partial charge is 0.336 e. The van der Waals surface area contributed by atoms with Gasteiger partial charge < -0.3 is 8.83 Å². The maximum atomic E-state index is 11.4. The monoisotopic (exact) mass is 241 g/mol. The molecule has 18 heavy (non-hydrogen) atoms. The molecule has 3 aromatic rings. The molecule has 0 unspecified atom stereocenters. The van der Waals surface area contributed by atoms with Crippen LogP contribution in [0.4, 0.5) is 0 Å². The Labute approximate surface area is 103 Å². The van der Waals surface area contributed by atoms with Gasteiger partial charge in [-0.15, -0.1) is 0 Å². The number of allylic oxidation sites excluding steroid dienone is 1. The Hall–Kier alpha value is -2.36. The number of fused-ring (bicyclic) bond motifs is 3. The van der Waals surface area contributed by atoms with Gasteiger partial charge in [-0.3, -0.25) is 0 Å². The van der Waals surface area contributed by atoms with E-state index < -0.39 is 0 Å². The van der Waals surface area contributed by atoms with E-state index in [1.807, 2.05) is 32.1 Å². The minimum absolute atomic E-state index is 0.378. The molecule has 0 aliphatic rings. The first-order valence-electron chi connectivity index (χ1n) is 5.66. The van der Waals surface area contributed by atoms with Crippen molar-refractivity contribution in [1.82, 2.24) is 4.98 Å². The zero-order valence-corrected chi connectivity index (χ0v) is 10.1. The van der Waals surface area contributed by atoms with Crippen molar-refractivity contribution in [3.63, 3.8) is 0 Å².